The zero-order valence-electron chi connectivity index (χ0n) is 16.2. The normalized spacial score (nSPS) is 18.6. The van der Waals surface area contributed by atoms with Crippen LogP contribution in [0.25, 0.3) is 6.08 Å². The fourth-order valence-corrected chi connectivity index (χ4v) is 3.77. The van der Waals surface area contributed by atoms with E-state index < -0.39 is 0 Å². The maximum atomic E-state index is 13.2. The molecule has 1 amide bonds. The molecular weight excluding hydrogens is 352 g/mol. The number of hydrogen-bond acceptors (Lipinski definition) is 4. The molecule has 0 N–H and O–H groups in total. The van der Waals surface area contributed by atoms with Gasteiger partial charge in [0.05, 0.1) is 19.1 Å². The Hall–Kier alpha value is -3.21. The lowest BCUT2D eigenvalue weighted by Crippen LogP contribution is -2.54. The van der Waals surface area contributed by atoms with Gasteiger partial charge in [-0.1, -0.05) is 30.3 Å². The van der Waals surface area contributed by atoms with Crippen molar-refractivity contribution in [3.05, 3.63) is 72.0 Å². The molecule has 1 atom stereocenters. The molecule has 2 aromatic rings. The van der Waals surface area contributed by atoms with Crippen LogP contribution in [0.2, 0.25) is 0 Å². The topological polar surface area (TPSA) is 42.0 Å². The summed E-state index contributed by atoms with van der Waals surface area (Å²) < 4.78 is 11.1. The molecule has 0 saturated carbocycles. The minimum Gasteiger partial charge on any atom is -0.495 e. The minimum atomic E-state index is 0.0312. The van der Waals surface area contributed by atoms with E-state index in [2.05, 4.69) is 17.9 Å². The van der Waals surface area contributed by atoms with Gasteiger partial charge in [-0.25, -0.2) is 0 Å². The summed E-state index contributed by atoms with van der Waals surface area (Å²) >= 11 is 0. The second kappa shape index (κ2) is 7.80. The number of carbonyl (C=O) groups excluding carboxylic acids is 1. The maximum Gasteiger partial charge on any atom is 0.254 e. The van der Waals surface area contributed by atoms with Gasteiger partial charge in [-0.05, 0) is 37.3 Å². The van der Waals surface area contributed by atoms with Crippen LogP contribution in [0.15, 0.2) is 66.4 Å². The van der Waals surface area contributed by atoms with Gasteiger partial charge in [0.25, 0.3) is 5.91 Å². The van der Waals surface area contributed by atoms with Crippen molar-refractivity contribution in [2.45, 2.75) is 13.0 Å². The van der Waals surface area contributed by atoms with Gasteiger partial charge >= 0.3 is 0 Å². The highest BCUT2D eigenvalue weighted by Gasteiger charge is 2.30. The highest BCUT2D eigenvalue weighted by atomic mass is 16.5. The largest absolute Gasteiger partial charge is 0.495 e. The summed E-state index contributed by atoms with van der Waals surface area (Å²) in [5.41, 5.74) is 2.62. The number of ether oxygens (including phenoxy) is 2. The molecule has 5 nitrogen and oxygen atoms in total. The Labute approximate surface area is 165 Å². The molecule has 0 aromatic heterocycles. The molecule has 0 unspecified atom stereocenters. The summed E-state index contributed by atoms with van der Waals surface area (Å²) in [7, 11) is 1.69. The van der Waals surface area contributed by atoms with Gasteiger partial charge < -0.3 is 19.3 Å². The van der Waals surface area contributed by atoms with Gasteiger partial charge in [0.2, 0.25) is 0 Å². The van der Waals surface area contributed by atoms with E-state index in [1.54, 1.807) is 19.4 Å². The summed E-state index contributed by atoms with van der Waals surface area (Å²) in [6.07, 6.45) is 5.24. The standard InChI is InChI=1S/C23H24N2O3/c1-17-16-24(20-8-4-6-10-22(20)27-2)12-13-25(17)23(26)19-11-14-28-21-9-5-3-7-18(21)15-19/h3-11,14-15,17H,12-13,16H2,1-2H3/t17-/m1/s1. The van der Waals surface area contributed by atoms with Gasteiger partial charge in [0, 0.05) is 36.8 Å². The summed E-state index contributed by atoms with van der Waals surface area (Å²) in [5.74, 6) is 1.65. The second-order valence-corrected chi connectivity index (χ2v) is 7.02. The van der Waals surface area contributed by atoms with Crippen LogP contribution < -0.4 is 14.4 Å². The van der Waals surface area contributed by atoms with E-state index in [1.807, 2.05) is 53.4 Å². The summed E-state index contributed by atoms with van der Waals surface area (Å²) in [6.45, 7) is 4.27. The minimum absolute atomic E-state index is 0.0312. The number of amides is 1. The Morgan fingerprint density at radius 1 is 1.11 bits per heavy atom. The molecule has 4 rings (SSSR count). The summed E-state index contributed by atoms with van der Waals surface area (Å²) in [4.78, 5) is 17.4. The number of rotatable bonds is 3. The molecule has 0 bridgehead atoms. The van der Waals surface area contributed by atoms with E-state index in [0.717, 1.165) is 35.8 Å². The van der Waals surface area contributed by atoms with Gasteiger partial charge in [-0.15, -0.1) is 0 Å². The number of nitrogens with zero attached hydrogens (tertiary/aromatic N) is 2. The number of piperazine rings is 1. The Morgan fingerprint density at radius 3 is 2.71 bits per heavy atom. The predicted octanol–water partition coefficient (Wildman–Crippen LogP) is 3.72. The molecule has 0 radical (unpaired) electrons. The first kappa shape index (κ1) is 18.2. The third kappa shape index (κ3) is 3.48. The van der Waals surface area contributed by atoms with E-state index in [4.69, 9.17) is 9.47 Å². The van der Waals surface area contributed by atoms with Crippen molar-refractivity contribution in [3.8, 4) is 11.5 Å². The number of methoxy groups -OCH3 is 1. The zero-order valence-corrected chi connectivity index (χ0v) is 16.2. The highest BCUT2D eigenvalue weighted by molar-refractivity contribution is 6.01. The molecule has 0 aliphatic carbocycles. The molecule has 144 valence electrons. The predicted molar refractivity (Wildman–Crippen MR) is 111 cm³/mol. The van der Waals surface area contributed by atoms with Crippen molar-refractivity contribution in [2.24, 2.45) is 0 Å². The van der Waals surface area contributed by atoms with Crippen LogP contribution in [0, 0.1) is 0 Å². The molecule has 1 saturated heterocycles. The Kier molecular flexibility index (Phi) is 5.06. The maximum absolute atomic E-state index is 13.2. The van der Waals surface area contributed by atoms with Crippen LogP contribution in [-0.4, -0.2) is 43.6 Å². The lowest BCUT2D eigenvalue weighted by atomic mass is 10.1. The number of para-hydroxylation sites is 3. The quantitative estimate of drug-likeness (QED) is 0.819. The van der Waals surface area contributed by atoms with Gasteiger partial charge in [0.15, 0.2) is 0 Å². The Balaban J connectivity index is 1.52. The Morgan fingerprint density at radius 2 is 1.89 bits per heavy atom. The average Bonchev–Trinajstić information content (AvgIpc) is 2.95. The fraction of sp³-hybridized carbons (Fsp3) is 0.261. The van der Waals surface area contributed by atoms with E-state index in [1.165, 1.54) is 0 Å². The number of hydrogen-bond donors (Lipinski definition) is 0. The van der Waals surface area contributed by atoms with Crippen molar-refractivity contribution < 1.29 is 14.3 Å². The Bertz CT molecular complexity index is 935. The number of anilines is 1. The van der Waals surface area contributed by atoms with E-state index in [-0.39, 0.29) is 11.9 Å². The van der Waals surface area contributed by atoms with Crippen molar-refractivity contribution in [1.82, 2.24) is 4.90 Å². The van der Waals surface area contributed by atoms with Crippen molar-refractivity contribution in [2.75, 3.05) is 31.6 Å². The average molecular weight is 376 g/mol. The van der Waals surface area contributed by atoms with E-state index in [9.17, 15) is 4.79 Å². The molecule has 2 aliphatic rings. The third-order valence-corrected chi connectivity index (χ3v) is 5.23. The zero-order chi connectivity index (χ0) is 19.5. The lowest BCUT2D eigenvalue weighted by Gasteiger charge is -2.41. The van der Waals surface area contributed by atoms with Crippen LogP contribution in [0.5, 0.6) is 11.5 Å². The van der Waals surface area contributed by atoms with E-state index in [0.29, 0.717) is 12.1 Å². The number of benzene rings is 2. The fourth-order valence-electron chi connectivity index (χ4n) is 3.77. The van der Waals surface area contributed by atoms with Crippen molar-refractivity contribution >= 4 is 17.7 Å². The van der Waals surface area contributed by atoms with Crippen LogP contribution >= 0.6 is 0 Å². The van der Waals surface area contributed by atoms with Crippen LogP contribution in [0.4, 0.5) is 5.69 Å². The number of fused-ring (bicyclic) bond motifs is 1. The van der Waals surface area contributed by atoms with Gasteiger partial charge in [0.1, 0.15) is 11.5 Å². The SMILES string of the molecule is COc1ccccc1N1CCN(C(=O)C2=Cc3ccccc3OC=C2)[C@H](C)C1. The van der Waals surface area contributed by atoms with Crippen LogP contribution in [0.3, 0.4) is 0 Å². The summed E-state index contributed by atoms with van der Waals surface area (Å²) in [5, 5.41) is 0. The smallest absolute Gasteiger partial charge is 0.254 e. The van der Waals surface area contributed by atoms with Gasteiger partial charge in [-0.3, -0.25) is 4.79 Å². The first-order valence-corrected chi connectivity index (χ1v) is 9.50. The molecule has 2 heterocycles. The van der Waals surface area contributed by atoms with Crippen LogP contribution in [0.1, 0.15) is 12.5 Å². The summed E-state index contributed by atoms with van der Waals surface area (Å²) in [6, 6.07) is 15.8. The van der Waals surface area contributed by atoms with Crippen molar-refractivity contribution in [1.29, 1.82) is 0 Å². The molecule has 2 aliphatic heterocycles. The molecule has 28 heavy (non-hydrogen) atoms. The molecular formula is C23H24N2O3. The first-order valence-electron chi connectivity index (χ1n) is 9.50. The number of carbonyl (C=O) groups is 1. The molecule has 5 heteroatoms. The molecule has 2 aromatic carbocycles. The molecule has 0 spiro atoms. The second-order valence-electron chi connectivity index (χ2n) is 7.02. The van der Waals surface area contributed by atoms with Crippen LogP contribution in [-0.2, 0) is 4.79 Å². The van der Waals surface area contributed by atoms with Gasteiger partial charge in [-0.2, -0.15) is 0 Å². The highest BCUT2D eigenvalue weighted by Crippen LogP contribution is 2.30. The first-order chi connectivity index (χ1) is 13.7. The lowest BCUT2D eigenvalue weighted by molar-refractivity contribution is -0.129. The third-order valence-electron chi connectivity index (χ3n) is 5.23. The van der Waals surface area contributed by atoms with Crippen molar-refractivity contribution in [3.63, 3.8) is 0 Å². The van der Waals surface area contributed by atoms with E-state index >= 15 is 0 Å². The monoisotopic (exact) mass is 376 g/mol. The molecule has 1 fully saturated rings.